The van der Waals surface area contributed by atoms with Gasteiger partial charge in [0.25, 0.3) is 5.91 Å². The Balaban J connectivity index is 1.77. The normalized spacial score (nSPS) is 10.2. The van der Waals surface area contributed by atoms with Gasteiger partial charge >= 0.3 is 0 Å². The van der Waals surface area contributed by atoms with Crippen LogP contribution >= 0.6 is 0 Å². The van der Waals surface area contributed by atoms with Crippen molar-refractivity contribution in [3.8, 4) is 11.8 Å². The lowest BCUT2D eigenvalue weighted by molar-refractivity contribution is 0.102. The van der Waals surface area contributed by atoms with Crippen molar-refractivity contribution in [2.75, 3.05) is 10.6 Å². The predicted molar refractivity (Wildman–Crippen MR) is 109 cm³/mol. The number of anilines is 3. The smallest absolute Gasteiger partial charge is 0.274 e. The largest absolute Gasteiger partial charge is 0.489 e. The van der Waals surface area contributed by atoms with Gasteiger partial charge in [-0.15, -0.1) is 0 Å². The van der Waals surface area contributed by atoms with Gasteiger partial charge in [-0.2, -0.15) is 5.26 Å². The molecule has 1 aromatic heterocycles. The van der Waals surface area contributed by atoms with Crippen molar-refractivity contribution in [3.05, 3.63) is 78.1 Å². The molecule has 2 aromatic carbocycles. The third-order valence-corrected chi connectivity index (χ3v) is 3.77. The number of rotatable bonds is 6. The summed E-state index contributed by atoms with van der Waals surface area (Å²) >= 11 is 0. The first-order chi connectivity index (χ1) is 13.5. The van der Waals surface area contributed by atoms with Crippen molar-refractivity contribution in [2.45, 2.75) is 20.0 Å². The molecule has 0 aliphatic rings. The zero-order valence-electron chi connectivity index (χ0n) is 15.6. The number of para-hydroxylation sites is 2. The number of nitrogens with one attached hydrogen (secondary N) is 2. The van der Waals surface area contributed by atoms with E-state index in [-0.39, 0.29) is 17.7 Å². The van der Waals surface area contributed by atoms with Crippen molar-refractivity contribution in [1.82, 2.24) is 4.98 Å². The second-order valence-corrected chi connectivity index (χ2v) is 6.36. The number of pyridine rings is 1. The fourth-order valence-electron chi connectivity index (χ4n) is 2.58. The molecule has 140 valence electrons. The highest BCUT2D eigenvalue weighted by molar-refractivity contribution is 6.04. The molecule has 28 heavy (non-hydrogen) atoms. The summed E-state index contributed by atoms with van der Waals surface area (Å²) < 4.78 is 5.73. The first kappa shape index (κ1) is 18.9. The molecule has 0 fully saturated rings. The number of hydrogen-bond donors (Lipinski definition) is 2. The molecule has 0 aliphatic carbocycles. The third-order valence-electron chi connectivity index (χ3n) is 3.77. The summed E-state index contributed by atoms with van der Waals surface area (Å²) in [4.78, 5) is 16.8. The van der Waals surface area contributed by atoms with Crippen molar-refractivity contribution in [3.63, 3.8) is 0 Å². The highest BCUT2D eigenvalue weighted by Crippen LogP contribution is 2.25. The minimum atomic E-state index is -0.339. The Morgan fingerprint density at radius 3 is 2.64 bits per heavy atom. The van der Waals surface area contributed by atoms with Gasteiger partial charge in [0.2, 0.25) is 0 Å². The molecule has 0 unspecified atom stereocenters. The Labute approximate surface area is 163 Å². The maximum absolute atomic E-state index is 12.7. The van der Waals surface area contributed by atoms with E-state index in [0.717, 1.165) is 5.69 Å². The zero-order valence-corrected chi connectivity index (χ0v) is 15.6. The Bertz CT molecular complexity index is 1020. The Hall–Kier alpha value is -3.85. The van der Waals surface area contributed by atoms with E-state index in [0.29, 0.717) is 22.7 Å². The summed E-state index contributed by atoms with van der Waals surface area (Å²) in [7, 11) is 0. The summed E-state index contributed by atoms with van der Waals surface area (Å²) in [5, 5.41) is 15.0. The molecular formula is C22H20N4O2. The van der Waals surface area contributed by atoms with Gasteiger partial charge in [-0.3, -0.25) is 9.78 Å². The second-order valence-electron chi connectivity index (χ2n) is 6.36. The molecule has 6 heteroatoms. The van der Waals surface area contributed by atoms with E-state index in [4.69, 9.17) is 10.00 Å². The number of amides is 1. The summed E-state index contributed by atoms with van der Waals surface area (Å²) in [6, 6.07) is 19.9. The molecule has 0 atom stereocenters. The quantitative estimate of drug-likeness (QED) is 0.653. The fourth-order valence-corrected chi connectivity index (χ4v) is 2.58. The SMILES string of the molecule is CC(C)Oc1ccccc1NC(=O)c1cc(Nc2cccc(C#N)c2)ccn1. The van der Waals surface area contributed by atoms with Crippen LogP contribution in [-0.4, -0.2) is 17.0 Å². The van der Waals surface area contributed by atoms with Crippen LogP contribution in [0.25, 0.3) is 0 Å². The number of carbonyl (C=O) groups excluding carboxylic acids is 1. The van der Waals surface area contributed by atoms with Crippen LogP contribution < -0.4 is 15.4 Å². The molecule has 0 saturated carbocycles. The minimum absolute atomic E-state index is 0.00659. The average Bonchev–Trinajstić information content (AvgIpc) is 2.69. The van der Waals surface area contributed by atoms with E-state index in [9.17, 15) is 4.79 Å². The van der Waals surface area contributed by atoms with Crippen LogP contribution in [0, 0.1) is 11.3 Å². The molecule has 2 N–H and O–H groups in total. The van der Waals surface area contributed by atoms with Crippen LogP contribution in [0.15, 0.2) is 66.9 Å². The predicted octanol–water partition coefficient (Wildman–Crippen LogP) is 4.74. The molecule has 3 rings (SSSR count). The van der Waals surface area contributed by atoms with Gasteiger partial charge in [0.05, 0.1) is 23.4 Å². The fraction of sp³-hybridized carbons (Fsp3) is 0.136. The van der Waals surface area contributed by atoms with Crippen LogP contribution in [0.5, 0.6) is 5.75 Å². The topological polar surface area (TPSA) is 87.0 Å². The summed E-state index contributed by atoms with van der Waals surface area (Å²) in [6.45, 7) is 3.85. The average molecular weight is 372 g/mol. The number of benzene rings is 2. The van der Waals surface area contributed by atoms with Gasteiger partial charge in [0.15, 0.2) is 0 Å². The van der Waals surface area contributed by atoms with Crippen LogP contribution in [0.2, 0.25) is 0 Å². The van der Waals surface area contributed by atoms with Crippen molar-refractivity contribution in [1.29, 1.82) is 5.26 Å². The van der Waals surface area contributed by atoms with Gasteiger partial charge in [0.1, 0.15) is 11.4 Å². The molecule has 0 radical (unpaired) electrons. The van der Waals surface area contributed by atoms with Crippen LogP contribution in [0.3, 0.4) is 0 Å². The number of nitrogens with zero attached hydrogens (tertiary/aromatic N) is 2. The van der Waals surface area contributed by atoms with Gasteiger partial charge in [0, 0.05) is 17.6 Å². The van der Waals surface area contributed by atoms with Crippen molar-refractivity contribution >= 4 is 23.0 Å². The molecule has 0 spiro atoms. The van der Waals surface area contributed by atoms with Crippen molar-refractivity contribution < 1.29 is 9.53 Å². The number of nitriles is 1. The summed E-state index contributed by atoms with van der Waals surface area (Å²) in [5.74, 6) is 0.266. The van der Waals surface area contributed by atoms with Gasteiger partial charge in [-0.1, -0.05) is 18.2 Å². The number of hydrogen-bond acceptors (Lipinski definition) is 5. The van der Waals surface area contributed by atoms with Crippen LogP contribution in [0.4, 0.5) is 17.1 Å². The lowest BCUT2D eigenvalue weighted by Gasteiger charge is -2.15. The highest BCUT2D eigenvalue weighted by Gasteiger charge is 2.12. The Morgan fingerprint density at radius 2 is 1.86 bits per heavy atom. The summed E-state index contributed by atoms with van der Waals surface area (Å²) in [6.07, 6.45) is 1.55. The van der Waals surface area contributed by atoms with Crippen LogP contribution in [-0.2, 0) is 0 Å². The number of aromatic nitrogens is 1. The minimum Gasteiger partial charge on any atom is -0.489 e. The standard InChI is InChI=1S/C22H20N4O2/c1-15(2)28-21-9-4-3-8-19(21)26-22(27)20-13-18(10-11-24-20)25-17-7-5-6-16(12-17)14-23/h3-13,15H,1-2H3,(H,24,25)(H,26,27). The molecule has 1 heterocycles. The lowest BCUT2D eigenvalue weighted by atomic mass is 10.2. The van der Waals surface area contributed by atoms with E-state index >= 15 is 0 Å². The number of ether oxygens (including phenoxy) is 1. The van der Waals surface area contributed by atoms with Crippen LogP contribution in [0.1, 0.15) is 29.9 Å². The Kier molecular flexibility index (Phi) is 5.87. The third kappa shape index (κ3) is 4.86. The van der Waals surface area contributed by atoms with E-state index in [2.05, 4.69) is 21.7 Å². The molecule has 1 amide bonds. The monoisotopic (exact) mass is 372 g/mol. The maximum Gasteiger partial charge on any atom is 0.274 e. The lowest BCUT2D eigenvalue weighted by Crippen LogP contribution is -2.15. The van der Waals surface area contributed by atoms with E-state index in [1.807, 2.05) is 38.1 Å². The Morgan fingerprint density at radius 1 is 1.07 bits per heavy atom. The second kappa shape index (κ2) is 8.69. The molecule has 0 aliphatic heterocycles. The molecule has 0 saturated heterocycles. The maximum atomic E-state index is 12.7. The van der Waals surface area contributed by atoms with E-state index < -0.39 is 0 Å². The van der Waals surface area contributed by atoms with Gasteiger partial charge in [-0.05, 0) is 56.3 Å². The van der Waals surface area contributed by atoms with Gasteiger partial charge in [-0.25, -0.2) is 0 Å². The molecular weight excluding hydrogens is 352 g/mol. The molecule has 3 aromatic rings. The van der Waals surface area contributed by atoms with E-state index in [1.54, 1.807) is 42.6 Å². The first-order valence-electron chi connectivity index (χ1n) is 8.85. The molecule has 0 bridgehead atoms. The van der Waals surface area contributed by atoms with E-state index in [1.165, 1.54) is 0 Å². The first-order valence-corrected chi connectivity index (χ1v) is 8.85. The number of carbonyl (C=O) groups is 1. The molecule has 6 nitrogen and oxygen atoms in total. The van der Waals surface area contributed by atoms with Gasteiger partial charge < -0.3 is 15.4 Å². The zero-order chi connectivity index (χ0) is 19.9. The highest BCUT2D eigenvalue weighted by atomic mass is 16.5. The van der Waals surface area contributed by atoms with Crippen molar-refractivity contribution in [2.24, 2.45) is 0 Å². The summed E-state index contributed by atoms with van der Waals surface area (Å²) in [5.41, 5.74) is 2.86.